The Balaban J connectivity index is 1.52. The van der Waals surface area contributed by atoms with Gasteiger partial charge in [-0.05, 0) is 48.6 Å². The van der Waals surface area contributed by atoms with Crippen LogP contribution in [0.2, 0.25) is 0 Å². The minimum Gasteiger partial charge on any atom is -0.481 e. The fourth-order valence-electron chi connectivity index (χ4n) is 6.56. The Hall–Kier alpha value is -6.95. The van der Waals surface area contributed by atoms with Crippen LogP contribution < -0.4 is 27.0 Å². The number of rotatable bonds is 22. The summed E-state index contributed by atoms with van der Waals surface area (Å²) in [5.41, 5.74) is 6.41. The van der Waals surface area contributed by atoms with Crippen LogP contribution in [0.1, 0.15) is 83.3 Å². The Kier molecular flexibility index (Phi) is 17.0. The maximum Gasteiger partial charge on any atom is 0.335 e. The lowest BCUT2D eigenvalue weighted by Crippen LogP contribution is -2.56. The molecule has 0 aromatic heterocycles. The number of carbonyl (C=O) groups is 9. The molecule has 3 aromatic rings. The van der Waals surface area contributed by atoms with Gasteiger partial charge in [0.25, 0.3) is 11.8 Å². The number of benzene rings is 3. The lowest BCUT2D eigenvalue weighted by molar-refractivity contribution is -0.143. The van der Waals surface area contributed by atoms with Crippen molar-refractivity contribution in [2.45, 2.75) is 82.3 Å². The van der Waals surface area contributed by atoms with E-state index in [1.807, 2.05) is 30.3 Å². The highest BCUT2D eigenvalue weighted by Gasteiger charge is 2.43. The van der Waals surface area contributed by atoms with Crippen LogP contribution in [0.5, 0.6) is 0 Å². The van der Waals surface area contributed by atoms with Crippen LogP contribution in [0.3, 0.4) is 0 Å². The monoisotopic (exact) mass is 828 g/mol. The molecule has 0 bridgehead atoms. The van der Waals surface area contributed by atoms with Crippen molar-refractivity contribution in [3.63, 3.8) is 0 Å². The van der Waals surface area contributed by atoms with Gasteiger partial charge in [0.15, 0.2) is 0 Å². The molecule has 5 atom stereocenters. The summed E-state index contributed by atoms with van der Waals surface area (Å²) in [6.45, 7) is 0.993. The second-order valence-electron chi connectivity index (χ2n) is 14.1. The predicted molar refractivity (Wildman–Crippen MR) is 213 cm³/mol. The number of aliphatic carboxylic acids is 1. The van der Waals surface area contributed by atoms with Crippen molar-refractivity contribution < 1.29 is 58.1 Å². The van der Waals surface area contributed by atoms with E-state index in [4.69, 9.17) is 10.5 Å². The molecule has 318 valence electrons. The van der Waals surface area contributed by atoms with Crippen molar-refractivity contribution in [1.82, 2.24) is 26.2 Å². The van der Waals surface area contributed by atoms with Gasteiger partial charge >= 0.3 is 11.9 Å². The standard InChI is InChI=1S/C42H48N6O12/c1-2-11-30(36(52)40(56)44-22-33(49)47-35(37(43)53)26-14-7-4-8-15-26)45-39(55)32-21-29(60-24-25-12-5-3-6-13-25)23-48(32)41(57)31(18-10-19-34(50)51)46-38(54)27-16-9-17-28(20-27)42(58)59/h3-9,12-17,20,29-32,35H,2,10-11,18-19,21-24H2,1H3,(H2,43,53)(H,44,56)(H,45,55)(H,46,54)(H,47,49)(H,50,51)(H,58,59). The molecule has 1 aliphatic heterocycles. The van der Waals surface area contributed by atoms with E-state index >= 15 is 0 Å². The van der Waals surface area contributed by atoms with Crippen LogP contribution in [0.4, 0.5) is 0 Å². The van der Waals surface area contributed by atoms with Crippen LogP contribution in [-0.2, 0) is 44.9 Å². The molecule has 60 heavy (non-hydrogen) atoms. The van der Waals surface area contributed by atoms with Gasteiger partial charge in [0, 0.05) is 24.9 Å². The SMILES string of the molecule is CCCC(NC(=O)C1CC(OCc2ccccc2)CN1C(=O)C(CCCC(=O)O)NC(=O)c1cccc(C(=O)O)c1)C(=O)C(=O)NCC(=O)NC(C(N)=O)c1ccccc1. The summed E-state index contributed by atoms with van der Waals surface area (Å²) in [6, 6.07) is 17.1. The van der Waals surface area contributed by atoms with Crippen molar-refractivity contribution in [3.8, 4) is 0 Å². The Morgan fingerprint density at radius 2 is 1.48 bits per heavy atom. The van der Waals surface area contributed by atoms with Crippen LogP contribution in [0.15, 0.2) is 84.9 Å². The first-order chi connectivity index (χ1) is 28.7. The first-order valence-electron chi connectivity index (χ1n) is 19.3. The summed E-state index contributed by atoms with van der Waals surface area (Å²) in [5, 5.41) is 28.5. The van der Waals surface area contributed by atoms with Crippen LogP contribution >= 0.6 is 0 Å². The van der Waals surface area contributed by atoms with E-state index in [1.54, 1.807) is 37.3 Å². The zero-order valence-electron chi connectivity index (χ0n) is 32.8. The molecule has 0 radical (unpaired) electrons. The Labute approximate surface area is 345 Å². The average molecular weight is 829 g/mol. The second kappa shape index (κ2) is 22.3. The number of aromatic carboxylic acids is 1. The molecule has 4 rings (SSSR count). The number of amides is 6. The summed E-state index contributed by atoms with van der Waals surface area (Å²) in [7, 11) is 0. The number of nitrogens with two attached hydrogens (primary N) is 1. The summed E-state index contributed by atoms with van der Waals surface area (Å²) in [5.74, 6) is -8.78. The number of likely N-dealkylation sites (tertiary alicyclic amines) is 1. The molecule has 1 aliphatic rings. The average Bonchev–Trinajstić information content (AvgIpc) is 3.68. The molecule has 3 aromatic carbocycles. The van der Waals surface area contributed by atoms with Crippen molar-refractivity contribution in [2.24, 2.45) is 5.73 Å². The van der Waals surface area contributed by atoms with Crippen LogP contribution in [0.25, 0.3) is 0 Å². The summed E-state index contributed by atoms with van der Waals surface area (Å²) in [6.07, 6.45) is -0.984. The third-order valence-electron chi connectivity index (χ3n) is 9.60. The highest BCUT2D eigenvalue weighted by Crippen LogP contribution is 2.25. The topological polar surface area (TPSA) is 281 Å². The summed E-state index contributed by atoms with van der Waals surface area (Å²) >= 11 is 0. The predicted octanol–water partition coefficient (Wildman–Crippen LogP) is 1.24. The fraction of sp³-hybridized carbons (Fsp3) is 0.357. The smallest absolute Gasteiger partial charge is 0.335 e. The van der Waals surface area contributed by atoms with Crippen molar-refractivity contribution >= 4 is 53.2 Å². The van der Waals surface area contributed by atoms with Crippen molar-refractivity contribution in [2.75, 3.05) is 13.1 Å². The van der Waals surface area contributed by atoms with Crippen molar-refractivity contribution in [3.05, 3.63) is 107 Å². The molecule has 0 aliphatic carbocycles. The minimum absolute atomic E-state index is 0.000173. The van der Waals surface area contributed by atoms with Gasteiger partial charge < -0.3 is 46.9 Å². The number of nitrogens with one attached hydrogen (secondary N) is 4. The zero-order chi connectivity index (χ0) is 43.8. The van der Waals surface area contributed by atoms with E-state index in [1.165, 1.54) is 23.1 Å². The normalized spacial score (nSPS) is 16.1. The number of Topliss-reactive ketones (excluding diaryl/α,β-unsaturated/α-hetero) is 1. The maximum absolute atomic E-state index is 14.3. The minimum atomic E-state index is -1.39. The first kappa shape index (κ1) is 45.7. The third-order valence-corrected chi connectivity index (χ3v) is 9.60. The first-order valence-corrected chi connectivity index (χ1v) is 19.3. The van der Waals surface area contributed by atoms with Gasteiger partial charge in [-0.25, -0.2) is 4.79 Å². The van der Waals surface area contributed by atoms with E-state index in [0.29, 0.717) is 12.0 Å². The van der Waals surface area contributed by atoms with Gasteiger partial charge in [0.2, 0.25) is 29.4 Å². The molecule has 5 unspecified atom stereocenters. The van der Waals surface area contributed by atoms with Gasteiger partial charge in [-0.2, -0.15) is 0 Å². The molecule has 1 heterocycles. The highest BCUT2D eigenvalue weighted by atomic mass is 16.5. The summed E-state index contributed by atoms with van der Waals surface area (Å²) < 4.78 is 6.10. The van der Waals surface area contributed by atoms with E-state index in [-0.39, 0.29) is 56.4 Å². The van der Waals surface area contributed by atoms with Crippen molar-refractivity contribution in [1.29, 1.82) is 0 Å². The molecule has 1 fully saturated rings. The Morgan fingerprint density at radius 1 is 0.817 bits per heavy atom. The molecular formula is C42H48N6O12. The quantitative estimate of drug-likeness (QED) is 0.0705. The number of hydrogen-bond acceptors (Lipinski definition) is 10. The number of ketones is 1. The second-order valence-corrected chi connectivity index (χ2v) is 14.1. The van der Waals surface area contributed by atoms with Gasteiger partial charge in [-0.1, -0.05) is 80.1 Å². The zero-order valence-corrected chi connectivity index (χ0v) is 32.8. The molecular weight excluding hydrogens is 780 g/mol. The number of carbonyl (C=O) groups excluding carboxylic acids is 7. The van der Waals surface area contributed by atoms with Gasteiger partial charge in [-0.3, -0.25) is 38.4 Å². The summed E-state index contributed by atoms with van der Waals surface area (Å²) in [4.78, 5) is 117. The van der Waals surface area contributed by atoms with E-state index in [2.05, 4.69) is 21.3 Å². The third kappa shape index (κ3) is 13.3. The molecule has 1 saturated heterocycles. The lowest BCUT2D eigenvalue weighted by atomic mass is 10.0. The number of hydrogen-bond donors (Lipinski definition) is 7. The number of primary amides is 1. The number of ether oxygens (including phenoxy) is 1. The molecule has 0 saturated carbocycles. The van der Waals surface area contributed by atoms with Crippen LogP contribution in [-0.4, -0.2) is 106 Å². The molecule has 18 nitrogen and oxygen atoms in total. The number of carboxylic acids is 2. The molecule has 8 N–H and O–H groups in total. The maximum atomic E-state index is 14.3. The van der Waals surface area contributed by atoms with E-state index < -0.39 is 90.0 Å². The van der Waals surface area contributed by atoms with Gasteiger partial charge in [-0.15, -0.1) is 0 Å². The largest absolute Gasteiger partial charge is 0.481 e. The van der Waals surface area contributed by atoms with Gasteiger partial charge in [0.1, 0.15) is 18.1 Å². The van der Waals surface area contributed by atoms with Gasteiger partial charge in [0.05, 0.1) is 30.9 Å². The molecule has 0 spiro atoms. The molecule has 18 heteroatoms. The fourth-order valence-corrected chi connectivity index (χ4v) is 6.56. The van der Waals surface area contributed by atoms with E-state index in [9.17, 15) is 53.4 Å². The Morgan fingerprint density at radius 3 is 2.12 bits per heavy atom. The lowest BCUT2D eigenvalue weighted by Gasteiger charge is -2.29. The molecule has 6 amide bonds. The van der Waals surface area contributed by atoms with E-state index in [0.717, 1.165) is 11.6 Å². The van der Waals surface area contributed by atoms with Crippen LogP contribution in [0, 0.1) is 0 Å². The highest BCUT2D eigenvalue weighted by molar-refractivity contribution is 6.38. The number of carboxylic acid groups (broad SMARTS) is 2. The number of nitrogens with zero attached hydrogens (tertiary/aromatic N) is 1. The Bertz CT molecular complexity index is 2050.